The Bertz CT molecular complexity index is 832. The fourth-order valence-corrected chi connectivity index (χ4v) is 2.54. The van der Waals surface area contributed by atoms with Crippen LogP contribution in [0.3, 0.4) is 0 Å². The van der Waals surface area contributed by atoms with Crippen molar-refractivity contribution >= 4 is 17.3 Å². The molecule has 1 aliphatic heterocycles. The fraction of sp³-hybridized carbons (Fsp3) is 0.250. The van der Waals surface area contributed by atoms with Crippen LogP contribution in [0.4, 0.5) is 5.69 Å². The average molecular weight is 348 g/mol. The molecule has 3 aromatic rings. The maximum absolute atomic E-state index is 6.29. The number of benzene rings is 1. The van der Waals surface area contributed by atoms with Crippen molar-refractivity contribution < 1.29 is 18.4 Å². The molecule has 24 heavy (non-hydrogen) atoms. The highest BCUT2D eigenvalue weighted by atomic mass is 35.5. The zero-order valence-corrected chi connectivity index (χ0v) is 13.4. The molecule has 3 heterocycles. The molecule has 0 saturated heterocycles. The van der Waals surface area contributed by atoms with Crippen LogP contribution in [0, 0.1) is 0 Å². The number of rotatable bonds is 4. The Morgan fingerprint density at radius 2 is 2.00 bits per heavy atom. The number of ether oxygens (including phenoxy) is 2. The first-order valence-electron chi connectivity index (χ1n) is 7.49. The van der Waals surface area contributed by atoms with Crippen molar-refractivity contribution in [1.29, 1.82) is 0 Å². The van der Waals surface area contributed by atoms with Crippen LogP contribution in [0.2, 0.25) is 5.02 Å². The van der Waals surface area contributed by atoms with Gasteiger partial charge in [-0.3, -0.25) is 0 Å². The third-order valence-electron chi connectivity index (χ3n) is 3.48. The van der Waals surface area contributed by atoms with E-state index in [1.54, 1.807) is 24.5 Å². The van der Waals surface area contributed by atoms with Gasteiger partial charge in [-0.2, -0.15) is 4.98 Å². The smallest absolute Gasteiger partial charge is 0.246 e. The Morgan fingerprint density at radius 3 is 2.79 bits per heavy atom. The maximum atomic E-state index is 6.29. The number of hydrogen-bond donors (Lipinski definition) is 1. The predicted molar refractivity (Wildman–Crippen MR) is 86.4 cm³/mol. The van der Waals surface area contributed by atoms with Crippen LogP contribution in [0.15, 0.2) is 39.5 Å². The predicted octanol–water partition coefficient (Wildman–Crippen LogP) is 3.76. The summed E-state index contributed by atoms with van der Waals surface area (Å²) in [7, 11) is 0. The second kappa shape index (κ2) is 6.45. The van der Waals surface area contributed by atoms with Crippen molar-refractivity contribution in [2.45, 2.75) is 13.0 Å². The maximum Gasteiger partial charge on any atom is 0.246 e. The van der Waals surface area contributed by atoms with Crippen molar-refractivity contribution in [3.05, 3.63) is 41.4 Å². The zero-order chi connectivity index (χ0) is 16.4. The Kier molecular flexibility index (Phi) is 4.00. The highest BCUT2D eigenvalue weighted by Crippen LogP contribution is 2.37. The topological polar surface area (TPSA) is 82.6 Å². The minimum Gasteiger partial charge on any atom is -0.490 e. The molecular formula is C16H14ClN3O4. The Morgan fingerprint density at radius 1 is 1.17 bits per heavy atom. The van der Waals surface area contributed by atoms with Crippen molar-refractivity contribution in [2.24, 2.45) is 0 Å². The van der Waals surface area contributed by atoms with E-state index in [4.69, 9.17) is 30.0 Å². The summed E-state index contributed by atoms with van der Waals surface area (Å²) in [4.78, 5) is 4.27. The molecule has 0 amide bonds. The van der Waals surface area contributed by atoms with E-state index in [2.05, 4.69) is 15.5 Å². The molecule has 0 saturated carbocycles. The summed E-state index contributed by atoms with van der Waals surface area (Å²) < 4.78 is 21.7. The van der Waals surface area contributed by atoms with Gasteiger partial charge in [-0.1, -0.05) is 16.8 Å². The van der Waals surface area contributed by atoms with Crippen molar-refractivity contribution in [3.8, 4) is 23.1 Å². The molecule has 0 spiro atoms. The Hall–Kier alpha value is -2.67. The number of anilines is 1. The van der Waals surface area contributed by atoms with E-state index in [1.165, 1.54) is 0 Å². The summed E-state index contributed by atoms with van der Waals surface area (Å²) in [6.45, 7) is 1.56. The van der Waals surface area contributed by atoms with E-state index in [0.29, 0.717) is 59.4 Å². The highest BCUT2D eigenvalue weighted by molar-refractivity contribution is 6.33. The SMILES string of the molecule is Clc1cc2c(cc1NCc1nc(-c3ccco3)no1)OCCCO2. The molecule has 8 heteroatoms. The van der Waals surface area contributed by atoms with Gasteiger partial charge in [0.15, 0.2) is 17.3 Å². The molecule has 1 N–H and O–H groups in total. The molecule has 0 aliphatic carbocycles. The largest absolute Gasteiger partial charge is 0.490 e. The standard InChI is InChI=1S/C16H14ClN3O4/c17-10-7-13-14(23-6-2-5-22-13)8-11(10)18-9-15-19-16(20-24-15)12-3-1-4-21-12/h1,3-4,7-8,18H,2,5-6,9H2. The minimum atomic E-state index is 0.326. The molecule has 0 radical (unpaired) electrons. The van der Waals surface area contributed by atoms with Gasteiger partial charge in [-0.05, 0) is 12.1 Å². The molecule has 0 bridgehead atoms. The molecule has 2 aromatic heterocycles. The van der Waals surface area contributed by atoms with Crippen LogP contribution < -0.4 is 14.8 Å². The number of nitrogens with zero attached hydrogens (tertiary/aromatic N) is 2. The van der Waals surface area contributed by atoms with E-state index in [-0.39, 0.29) is 0 Å². The van der Waals surface area contributed by atoms with Crippen LogP contribution in [0.5, 0.6) is 11.5 Å². The average Bonchev–Trinajstić information content (AvgIpc) is 3.21. The molecule has 124 valence electrons. The molecule has 0 unspecified atom stereocenters. The van der Waals surface area contributed by atoms with E-state index in [9.17, 15) is 0 Å². The fourth-order valence-electron chi connectivity index (χ4n) is 2.32. The first-order chi connectivity index (χ1) is 11.8. The number of furan rings is 1. The summed E-state index contributed by atoms with van der Waals surface area (Å²) in [6.07, 6.45) is 2.40. The van der Waals surface area contributed by atoms with Gasteiger partial charge in [0.2, 0.25) is 11.7 Å². The van der Waals surface area contributed by atoms with Crippen LogP contribution in [0.1, 0.15) is 12.3 Å². The monoisotopic (exact) mass is 347 g/mol. The zero-order valence-electron chi connectivity index (χ0n) is 12.6. The molecule has 0 atom stereocenters. The highest BCUT2D eigenvalue weighted by Gasteiger charge is 2.15. The number of hydrogen-bond acceptors (Lipinski definition) is 7. The molecule has 1 aliphatic rings. The quantitative estimate of drug-likeness (QED) is 0.769. The Labute approximate surface area is 142 Å². The van der Waals surface area contributed by atoms with E-state index in [0.717, 1.165) is 6.42 Å². The van der Waals surface area contributed by atoms with Crippen LogP contribution in [-0.4, -0.2) is 23.4 Å². The van der Waals surface area contributed by atoms with Gasteiger partial charge >= 0.3 is 0 Å². The summed E-state index contributed by atoms with van der Waals surface area (Å²) in [5, 5.41) is 7.57. The normalized spacial score (nSPS) is 13.5. The first kappa shape index (κ1) is 14.9. The van der Waals surface area contributed by atoms with Gasteiger partial charge in [-0.25, -0.2) is 0 Å². The third kappa shape index (κ3) is 3.03. The van der Waals surface area contributed by atoms with Crippen LogP contribution in [-0.2, 0) is 6.54 Å². The summed E-state index contributed by atoms with van der Waals surface area (Å²) in [5.41, 5.74) is 0.707. The second-order valence-corrected chi connectivity index (χ2v) is 5.58. The lowest BCUT2D eigenvalue weighted by Gasteiger charge is -2.12. The number of fused-ring (bicyclic) bond motifs is 1. The molecular weight excluding hydrogens is 334 g/mol. The lowest BCUT2D eigenvalue weighted by atomic mass is 10.2. The van der Waals surface area contributed by atoms with Gasteiger partial charge < -0.3 is 23.7 Å². The molecule has 7 nitrogen and oxygen atoms in total. The van der Waals surface area contributed by atoms with E-state index in [1.807, 2.05) is 6.07 Å². The first-order valence-corrected chi connectivity index (χ1v) is 7.87. The number of halogens is 1. The van der Waals surface area contributed by atoms with Gasteiger partial charge in [-0.15, -0.1) is 0 Å². The van der Waals surface area contributed by atoms with Gasteiger partial charge in [0, 0.05) is 18.6 Å². The van der Waals surface area contributed by atoms with Crippen molar-refractivity contribution in [3.63, 3.8) is 0 Å². The summed E-state index contributed by atoms with van der Waals surface area (Å²) in [6, 6.07) is 7.09. The van der Waals surface area contributed by atoms with Gasteiger partial charge in [0.1, 0.15) is 0 Å². The van der Waals surface area contributed by atoms with Gasteiger partial charge in [0.25, 0.3) is 0 Å². The second-order valence-electron chi connectivity index (χ2n) is 5.17. The lowest BCUT2D eigenvalue weighted by Crippen LogP contribution is -2.01. The Balaban J connectivity index is 1.49. The van der Waals surface area contributed by atoms with Gasteiger partial charge in [0.05, 0.1) is 36.7 Å². The van der Waals surface area contributed by atoms with Crippen LogP contribution >= 0.6 is 11.6 Å². The summed E-state index contributed by atoms with van der Waals surface area (Å²) >= 11 is 6.29. The van der Waals surface area contributed by atoms with Crippen LogP contribution in [0.25, 0.3) is 11.6 Å². The van der Waals surface area contributed by atoms with E-state index < -0.39 is 0 Å². The summed E-state index contributed by atoms with van der Waals surface area (Å²) in [5.74, 6) is 2.70. The number of aromatic nitrogens is 2. The number of nitrogens with one attached hydrogen (secondary N) is 1. The van der Waals surface area contributed by atoms with E-state index >= 15 is 0 Å². The third-order valence-corrected chi connectivity index (χ3v) is 3.79. The molecule has 1 aromatic carbocycles. The lowest BCUT2D eigenvalue weighted by molar-refractivity contribution is 0.297. The molecule has 4 rings (SSSR count). The van der Waals surface area contributed by atoms with Crippen molar-refractivity contribution in [2.75, 3.05) is 18.5 Å². The minimum absolute atomic E-state index is 0.326. The van der Waals surface area contributed by atoms with Crippen molar-refractivity contribution in [1.82, 2.24) is 10.1 Å². The molecule has 0 fully saturated rings.